The Kier molecular flexibility index (Phi) is 3.47. The van der Waals surface area contributed by atoms with E-state index in [1.54, 1.807) is 36.5 Å². The van der Waals surface area contributed by atoms with Gasteiger partial charge in [0, 0.05) is 11.8 Å². The molecule has 2 N–H and O–H groups in total. The average Bonchev–Trinajstić information content (AvgIpc) is 2.50. The second kappa shape index (κ2) is 5.58. The third kappa shape index (κ3) is 3.14. The summed E-state index contributed by atoms with van der Waals surface area (Å²) in [5.41, 5.74) is 6.48. The molecule has 0 atom stereocenters. The molecule has 1 heterocycles. The Morgan fingerprint density at radius 2 is 1.48 bits per heavy atom. The van der Waals surface area contributed by atoms with Crippen LogP contribution in [0.3, 0.4) is 0 Å². The number of nitrogens with two attached hydrogens (primary N) is 1. The van der Waals surface area contributed by atoms with E-state index in [0.29, 0.717) is 23.1 Å². The standard InChI is InChI=1S/C16H12FN3O/c17-12-3-7-14(8-4-12)21-13-5-1-11(2-6-13)16-19-10-9-15(18)20-16/h1-10H,(H2,18,19,20). The molecule has 2 aromatic carbocycles. The van der Waals surface area contributed by atoms with E-state index < -0.39 is 0 Å². The third-order valence-corrected chi connectivity index (χ3v) is 2.84. The summed E-state index contributed by atoms with van der Waals surface area (Å²) in [7, 11) is 0. The molecule has 0 bridgehead atoms. The van der Waals surface area contributed by atoms with Gasteiger partial charge in [0.2, 0.25) is 0 Å². The van der Waals surface area contributed by atoms with E-state index in [9.17, 15) is 4.39 Å². The summed E-state index contributed by atoms with van der Waals surface area (Å²) in [6.45, 7) is 0. The highest BCUT2D eigenvalue weighted by Gasteiger charge is 2.03. The lowest BCUT2D eigenvalue weighted by atomic mass is 10.2. The number of nitrogen functional groups attached to an aromatic ring is 1. The van der Waals surface area contributed by atoms with Crippen molar-refractivity contribution in [3.8, 4) is 22.9 Å². The second-order valence-corrected chi connectivity index (χ2v) is 4.39. The molecule has 5 heteroatoms. The number of hydrogen-bond donors (Lipinski definition) is 1. The van der Waals surface area contributed by atoms with Crippen LogP contribution >= 0.6 is 0 Å². The Balaban J connectivity index is 1.79. The van der Waals surface area contributed by atoms with Gasteiger partial charge in [0.05, 0.1) is 0 Å². The number of anilines is 1. The molecule has 0 unspecified atom stereocenters. The van der Waals surface area contributed by atoms with Gasteiger partial charge in [0.25, 0.3) is 0 Å². The van der Waals surface area contributed by atoms with Crippen LogP contribution in [-0.4, -0.2) is 9.97 Å². The normalized spacial score (nSPS) is 10.3. The maximum Gasteiger partial charge on any atom is 0.161 e. The lowest BCUT2D eigenvalue weighted by Crippen LogP contribution is -1.94. The molecular weight excluding hydrogens is 269 g/mol. The van der Waals surface area contributed by atoms with Gasteiger partial charge in [0.1, 0.15) is 23.1 Å². The zero-order valence-electron chi connectivity index (χ0n) is 11.0. The van der Waals surface area contributed by atoms with Gasteiger partial charge in [-0.2, -0.15) is 0 Å². The molecule has 0 aliphatic heterocycles. The summed E-state index contributed by atoms with van der Waals surface area (Å²) in [6.07, 6.45) is 1.61. The molecule has 0 radical (unpaired) electrons. The van der Waals surface area contributed by atoms with Crippen molar-refractivity contribution in [1.29, 1.82) is 0 Å². The van der Waals surface area contributed by atoms with E-state index in [1.165, 1.54) is 12.1 Å². The molecule has 21 heavy (non-hydrogen) atoms. The van der Waals surface area contributed by atoms with Crippen LogP contribution in [0, 0.1) is 5.82 Å². The van der Waals surface area contributed by atoms with Crippen LogP contribution in [-0.2, 0) is 0 Å². The molecule has 4 nitrogen and oxygen atoms in total. The first-order valence-electron chi connectivity index (χ1n) is 6.33. The van der Waals surface area contributed by atoms with Crippen molar-refractivity contribution in [3.63, 3.8) is 0 Å². The summed E-state index contributed by atoms with van der Waals surface area (Å²) < 4.78 is 18.4. The van der Waals surface area contributed by atoms with Crippen molar-refractivity contribution < 1.29 is 9.13 Å². The lowest BCUT2D eigenvalue weighted by Gasteiger charge is -2.06. The number of nitrogens with zero attached hydrogens (tertiary/aromatic N) is 2. The van der Waals surface area contributed by atoms with E-state index in [-0.39, 0.29) is 5.82 Å². The highest BCUT2D eigenvalue weighted by atomic mass is 19.1. The van der Waals surface area contributed by atoms with Crippen molar-refractivity contribution in [3.05, 3.63) is 66.6 Å². The van der Waals surface area contributed by atoms with Crippen molar-refractivity contribution in [1.82, 2.24) is 9.97 Å². The fraction of sp³-hybridized carbons (Fsp3) is 0. The van der Waals surface area contributed by atoms with Crippen LogP contribution in [0.25, 0.3) is 11.4 Å². The molecule has 0 amide bonds. The Hall–Kier alpha value is -2.95. The third-order valence-electron chi connectivity index (χ3n) is 2.84. The van der Waals surface area contributed by atoms with E-state index in [2.05, 4.69) is 9.97 Å². The van der Waals surface area contributed by atoms with Crippen LogP contribution in [0.2, 0.25) is 0 Å². The summed E-state index contributed by atoms with van der Waals surface area (Å²) in [5.74, 6) is 1.91. The molecule has 104 valence electrons. The average molecular weight is 281 g/mol. The molecule has 3 rings (SSSR count). The summed E-state index contributed by atoms with van der Waals surface area (Å²) >= 11 is 0. The number of hydrogen-bond acceptors (Lipinski definition) is 4. The first kappa shape index (κ1) is 13.1. The predicted molar refractivity (Wildman–Crippen MR) is 78.4 cm³/mol. The summed E-state index contributed by atoms with van der Waals surface area (Å²) in [6, 6.07) is 14.8. The van der Waals surface area contributed by atoms with Gasteiger partial charge in [-0.15, -0.1) is 0 Å². The van der Waals surface area contributed by atoms with Crippen molar-refractivity contribution in [2.75, 3.05) is 5.73 Å². The second-order valence-electron chi connectivity index (χ2n) is 4.39. The molecule has 0 aliphatic carbocycles. The van der Waals surface area contributed by atoms with Crippen LogP contribution in [0.5, 0.6) is 11.5 Å². The molecular formula is C16H12FN3O. The number of halogens is 1. The lowest BCUT2D eigenvalue weighted by molar-refractivity contribution is 0.480. The number of ether oxygens (including phenoxy) is 1. The van der Waals surface area contributed by atoms with E-state index >= 15 is 0 Å². The molecule has 0 saturated heterocycles. The van der Waals surface area contributed by atoms with Gasteiger partial charge in [-0.3, -0.25) is 0 Å². The SMILES string of the molecule is Nc1ccnc(-c2ccc(Oc3ccc(F)cc3)cc2)n1. The Morgan fingerprint density at radius 3 is 2.10 bits per heavy atom. The molecule has 1 aromatic heterocycles. The quantitative estimate of drug-likeness (QED) is 0.796. The van der Waals surface area contributed by atoms with Gasteiger partial charge in [-0.1, -0.05) is 0 Å². The van der Waals surface area contributed by atoms with Crippen LogP contribution < -0.4 is 10.5 Å². The van der Waals surface area contributed by atoms with Crippen LogP contribution in [0.15, 0.2) is 60.8 Å². The summed E-state index contributed by atoms with van der Waals surface area (Å²) in [4.78, 5) is 8.31. The van der Waals surface area contributed by atoms with Crippen molar-refractivity contribution >= 4 is 5.82 Å². The minimum Gasteiger partial charge on any atom is -0.457 e. The molecule has 0 aliphatic rings. The summed E-state index contributed by atoms with van der Waals surface area (Å²) in [5, 5.41) is 0. The largest absolute Gasteiger partial charge is 0.457 e. The first-order valence-corrected chi connectivity index (χ1v) is 6.33. The highest BCUT2D eigenvalue weighted by Crippen LogP contribution is 2.24. The predicted octanol–water partition coefficient (Wildman–Crippen LogP) is 3.66. The molecule has 0 saturated carbocycles. The van der Waals surface area contributed by atoms with Crippen LogP contribution in [0.4, 0.5) is 10.2 Å². The maximum atomic E-state index is 12.8. The van der Waals surface area contributed by atoms with Crippen molar-refractivity contribution in [2.45, 2.75) is 0 Å². The van der Waals surface area contributed by atoms with Crippen LogP contribution in [0.1, 0.15) is 0 Å². The molecule has 0 spiro atoms. The van der Waals surface area contributed by atoms with Gasteiger partial charge in [-0.05, 0) is 54.6 Å². The monoisotopic (exact) mass is 281 g/mol. The zero-order valence-corrected chi connectivity index (χ0v) is 11.0. The number of benzene rings is 2. The zero-order chi connectivity index (χ0) is 14.7. The molecule has 3 aromatic rings. The van der Waals surface area contributed by atoms with E-state index in [4.69, 9.17) is 10.5 Å². The Labute approximate surface area is 121 Å². The van der Waals surface area contributed by atoms with Gasteiger partial charge < -0.3 is 10.5 Å². The van der Waals surface area contributed by atoms with Gasteiger partial charge in [0.15, 0.2) is 5.82 Å². The molecule has 0 fully saturated rings. The first-order chi connectivity index (χ1) is 10.2. The number of rotatable bonds is 3. The van der Waals surface area contributed by atoms with E-state index in [1.807, 2.05) is 12.1 Å². The minimum absolute atomic E-state index is 0.295. The van der Waals surface area contributed by atoms with Crippen molar-refractivity contribution in [2.24, 2.45) is 0 Å². The topological polar surface area (TPSA) is 61.0 Å². The fourth-order valence-corrected chi connectivity index (χ4v) is 1.82. The fourth-order valence-electron chi connectivity index (χ4n) is 1.82. The Morgan fingerprint density at radius 1 is 0.857 bits per heavy atom. The van der Waals surface area contributed by atoms with Gasteiger partial charge >= 0.3 is 0 Å². The highest BCUT2D eigenvalue weighted by molar-refractivity contribution is 5.57. The maximum absolute atomic E-state index is 12.8. The van der Waals surface area contributed by atoms with Gasteiger partial charge in [-0.25, -0.2) is 14.4 Å². The number of aromatic nitrogens is 2. The minimum atomic E-state index is -0.295. The Bertz CT molecular complexity index is 742. The van der Waals surface area contributed by atoms with E-state index in [0.717, 1.165) is 5.56 Å². The smallest absolute Gasteiger partial charge is 0.161 e.